The van der Waals surface area contributed by atoms with Crippen LogP contribution in [-0.2, 0) is 21.2 Å². The molecule has 0 aromatic heterocycles. The molecule has 0 saturated carbocycles. The van der Waals surface area contributed by atoms with Gasteiger partial charge in [0.15, 0.2) is 23.1 Å². The number of amides is 1. The van der Waals surface area contributed by atoms with E-state index in [4.69, 9.17) is 15.2 Å². The number of carbonyl (C=O) groups excluding carboxylic acids is 1. The summed E-state index contributed by atoms with van der Waals surface area (Å²) in [6.07, 6.45) is 2.71. The summed E-state index contributed by atoms with van der Waals surface area (Å²) in [7, 11) is -3.96. The summed E-state index contributed by atoms with van der Waals surface area (Å²) in [6, 6.07) is 4.92. The quantitative estimate of drug-likeness (QED) is 0.523. The first kappa shape index (κ1) is 25.8. The number of benzene rings is 2. The monoisotopic (exact) mass is 539 g/mol. The molecule has 3 N–H and O–H groups in total. The van der Waals surface area contributed by atoms with Crippen LogP contribution in [0.5, 0.6) is 11.5 Å². The number of piperidine rings is 1. The average Bonchev–Trinajstić information content (AvgIpc) is 3.14. The number of nitrogens with two attached hydrogens (primary N) is 1. The first-order chi connectivity index (χ1) is 17.6. The van der Waals surface area contributed by atoms with Crippen molar-refractivity contribution in [2.45, 2.75) is 55.1 Å². The van der Waals surface area contributed by atoms with E-state index in [1.54, 1.807) is 4.90 Å². The fourth-order valence-electron chi connectivity index (χ4n) is 5.64. The van der Waals surface area contributed by atoms with Crippen molar-refractivity contribution in [1.82, 2.24) is 9.62 Å². The molecule has 0 radical (unpaired) electrons. The van der Waals surface area contributed by atoms with Crippen LogP contribution in [0.4, 0.5) is 13.2 Å². The highest BCUT2D eigenvalue weighted by atomic mass is 32.2. The lowest BCUT2D eigenvalue weighted by atomic mass is 9.82. The van der Waals surface area contributed by atoms with Crippen LogP contribution in [0.15, 0.2) is 35.2 Å². The lowest BCUT2D eigenvalue weighted by Gasteiger charge is -2.41. The second-order valence-electron chi connectivity index (χ2n) is 9.77. The molecule has 4 atom stereocenters. The molecule has 3 heterocycles. The molecule has 2 fully saturated rings. The van der Waals surface area contributed by atoms with Crippen LogP contribution in [0.1, 0.15) is 31.2 Å². The van der Waals surface area contributed by atoms with Crippen molar-refractivity contribution in [3.05, 3.63) is 53.3 Å². The van der Waals surface area contributed by atoms with E-state index in [9.17, 15) is 26.4 Å². The maximum Gasteiger partial charge on any atom is 0.241 e. The number of halogens is 3. The zero-order chi connectivity index (χ0) is 26.3. The Balaban J connectivity index is 1.19. The molecule has 5 rings (SSSR count). The lowest BCUT2D eigenvalue weighted by molar-refractivity contribution is -0.135. The Morgan fingerprint density at radius 1 is 1.00 bits per heavy atom. The van der Waals surface area contributed by atoms with Crippen LogP contribution in [0.3, 0.4) is 0 Å². The fraction of sp³-hybridized carbons (Fsp3) is 0.480. The molecule has 2 saturated heterocycles. The van der Waals surface area contributed by atoms with Gasteiger partial charge in [-0.2, -0.15) is 0 Å². The molecule has 1 amide bonds. The van der Waals surface area contributed by atoms with Gasteiger partial charge < -0.3 is 20.1 Å². The molecule has 2 bridgehead atoms. The molecule has 8 nitrogen and oxygen atoms in total. The maximum atomic E-state index is 14.1. The van der Waals surface area contributed by atoms with Gasteiger partial charge in [0.25, 0.3) is 0 Å². The van der Waals surface area contributed by atoms with E-state index in [0.717, 1.165) is 18.9 Å². The summed E-state index contributed by atoms with van der Waals surface area (Å²) in [6.45, 7) is 0.318. The van der Waals surface area contributed by atoms with Gasteiger partial charge in [0, 0.05) is 30.3 Å². The number of sulfonamides is 1. The smallest absolute Gasteiger partial charge is 0.241 e. The van der Waals surface area contributed by atoms with Crippen molar-refractivity contribution in [3.63, 3.8) is 0 Å². The van der Waals surface area contributed by atoms with E-state index in [1.165, 1.54) is 18.2 Å². The highest BCUT2D eigenvalue weighted by molar-refractivity contribution is 7.89. The predicted molar refractivity (Wildman–Crippen MR) is 127 cm³/mol. The van der Waals surface area contributed by atoms with Crippen molar-refractivity contribution in [3.8, 4) is 11.5 Å². The normalized spacial score (nSPS) is 23.7. The average molecular weight is 540 g/mol. The Kier molecular flexibility index (Phi) is 7.08. The van der Waals surface area contributed by atoms with Crippen molar-refractivity contribution in [2.75, 3.05) is 19.8 Å². The van der Waals surface area contributed by atoms with Gasteiger partial charge in [0.1, 0.15) is 19.0 Å². The van der Waals surface area contributed by atoms with E-state index in [1.807, 2.05) is 0 Å². The topological polar surface area (TPSA) is 111 Å². The Bertz CT molecular complexity index is 1290. The van der Waals surface area contributed by atoms with Gasteiger partial charge in [-0.05, 0) is 61.8 Å². The molecule has 37 heavy (non-hydrogen) atoms. The first-order valence-corrected chi connectivity index (χ1v) is 13.7. The molecule has 0 aliphatic carbocycles. The number of carbonyl (C=O) groups is 1. The molecule has 3 aliphatic heterocycles. The van der Waals surface area contributed by atoms with Crippen molar-refractivity contribution in [1.29, 1.82) is 0 Å². The molecule has 2 aromatic carbocycles. The van der Waals surface area contributed by atoms with Gasteiger partial charge in [-0.25, -0.2) is 26.3 Å². The van der Waals surface area contributed by atoms with Crippen LogP contribution in [0.2, 0.25) is 0 Å². The van der Waals surface area contributed by atoms with E-state index < -0.39 is 33.5 Å². The molecule has 0 spiro atoms. The van der Waals surface area contributed by atoms with Crippen LogP contribution in [-0.4, -0.2) is 57.1 Å². The van der Waals surface area contributed by atoms with Crippen LogP contribution in [0, 0.1) is 23.4 Å². The highest BCUT2D eigenvalue weighted by Gasteiger charge is 2.44. The fourth-order valence-corrected chi connectivity index (χ4v) is 6.63. The third-order valence-electron chi connectivity index (χ3n) is 7.45. The third kappa shape index (κ3) is 5.27. The van der Waals surface area contributed by atoms with Gasteiger partial charge >= 0.3 is 0 Å². The SMILES string of the molecule is N[C@H](Cc1cc(F)c(F)cc1F)C1C[C@H]2CC[C@@H](C1)N2C(=O)CNS(=O)(=O)c1ccc2c(c1)OCCO2. The second kappa shape index (κ2) is 10.1. The number of hydrogen-bond acceptors (Lipinski definition) is 6. The van der Waals surface area contributed by atoms with Crippen molar-refractivity contribution < 1.29 is 35.9 Å². The predicted octanol–water partition coefficient (Wildman–Crippen LogP) is 2.49. The Labute approximate surface area is 213 Å². The van der Waals surface area contributed by atoms with Gasteiger partial charge in [-0.15, -0.1) is 0 Å². The number of nitrogens with one attached hydrogen (secondary N) is 1. The Hall–Kier alpha value is -2.83. The summed E-state index contributed by atoms with van der Waals surface area (Å²) in [4.78, 5) is 14.8. The van der Waals surface area contributed by atoms with E-state index in [0.29, 0.717) is 43.6 Å². The molecular formula is C25H28F3N3O5S. The Morgan fingerprint density at radius 2 is 1.65 bits per heavy atom. The van der Waals surface area contributed by atoms with Crippen LogP contribution >= 0.6 is 0 Å². The number of hydrogen-bond donors (Lipinski definition) is 2. The zero-order valence-electron chi connectivity index (χ0n) is 20.0. The zero-order valence-corrected chi connectivity index (χ0v) is 20.8. The minimum Gasteiger partial charge on any atom is -0.486 e. The maximum absolute atomic E-state index is 14.1. The van der Waals surface area contributed by atoms with Crippen LogP contribution in [0.25, 0.3) is 0 Å². The number of rotatable bonds is 7. The molecular weight excluding hydrogens is 511 g/mol. The number of nitrogens with zero attached hydrogens (tertiary/aromatic N) is 1. The van der Waals surface area contributed by atoms with E-state index >= 15 is 0 Å². The van der Waals surface area contributed by atoms with E-state index in [2.05, 4.69) is 4.72 Å². The third-order valence-corrected chi connectivity index (χ3v) is 8.84. The highest BCUT2D eigenvalue weighted by Crippen LogP contribution is 2.40. The molecule has 1 unspecified atom stereocenters. The van der Waals surface area contributed by atoms with Crippen molar-refractivity contribution >= 4 is 15.9 Å². The van der Waals surface area contributed by atoms with Gasteiger partial charge in [0.05, 0.1) is 11.4 Å². The summed E-state index contributed by atoms with van der Waals surface area (Å²) >= 11 is 0. The molecule has 12 heteroatoms. The van der Waals surface area contributed by atoms with Crippen LogP contribution < -0.4 is 19.9 Å². The first-order valence-electron chi connectivity index (χ1n) is 12.2. The van der Waals surface area contributed by atoms with Gasteiger partial charge in [-0.3, -0.25) is 4.79 Å². The molecule has 2 aromatic rings. The van der Waals surface area contributed by atoms with E-state index in [-0.39, 0.29) is 47.3 Å². The molecule has 3 aliphatic rings. The minimum absolute atomic E-state index is 0.0193. The molecule has 200 valence electrons. The Morgan fingerprint density at radius 3 is 2.35 bits per heavy atom. The largest absolute Gasteiger partial charge is 0.486 e. The summed E-state index contributed by atoms with van der Waals surface area (Å²) in [5.74, 6) is -2.77. The summed E-state index contributed by atoms with van der Waals surface area (Å²) < 4.78 is 79.7. The van der Waals surface area contributed by atoms with Gasteiger partial charge in [-0.1, -0.05) is 0 Å². The summed E-state index contributed by atoms with van der Waals surface area (Å²) in [5, 5.41) is 0. The number of fused-ring (bicyclic) bond motifs is 3. The lowest BCUT2D eigenvalue weighted by Crippen LogP contribution is -2.52. The van der Waals surface area contributed by atoms with Gasteiger partial charge in [0.2, 0.25) is 15.9 Å². The van der Waals surface area contributed by atoms with Crippen molar-refractivity contribution in [2.24, 2.45) is 11.7 Å². The summed E-state index contributed by atoms with van der Waals surface area (Å²) in [5.41, 5.74) is 6.36. The second-order valence-corrected chi connectivity index (χ2v) is 11.5. The number of ether oxygens (including phenoxy) is 2. The minimum atomic E-state index is -3.96. The standard InChI is InChI=1S/C25H28F3N3O5S/c26-19-12-21(28)20(27)9-14(19)10-22(29)15-7-16-1-2-17(8-15)31(16)25(32)13-30-37(33,34)18-3-4-23-24(11-18)36-6-5-35-23/h3-4,9,11-12,15-17,22,30H,1-2,5-8,10,13,29H2/t15?,16-,17+,22-/m1/s1.